The number of aromatic nitrogens is 3. The molecule has 0 bridgehead atoms. The Labute approximate surface area is 121 Å². The molecule has 0 radical (unpaired) electrons. The van der Waals surface area contributed by atoms with Gasteiger partial charge in [0.2, 0.25) is 5.91 Å². The van der Waals surface area contributed by atoms with Crippen molar-refractivity contribution in [2.45, 2.75) is 44.4 Å². The van der Waals surface area contributed by atoms with Gasteiger partial charge in [-0.1, -0.05) is 18.9 Å². The maximum atomic E-state index is 12.1. The Bertz CT molecular complexity index is 706. The summed E-state index contributed by atoms with van der Waals surface area (Å²) in [6.07, 6.45) is 4.58. The molecule has 2 atom stereocenters. The number of rotatable bonds is 3. The van der Waals surface area contributed by atoms with Gasteiger partial charge in [-0.2, -0.15) is 0 Å². The third-order valence-electron chi connectivity index (χ3n) is 3.86. The van der Waals surface area contributed by atoms with Gasteiger partial charge in [0.05, 0.1) is 12.1 Å². The summed E-state index contributed by atoms with van der Waals surface area (Å²) in [6.45, 7) is -0.135. The van der Waals surface area contributed by atoms with E-state index in [4.69, 9.17) is 0 Å². The number of hydrogen-bond donors (Lipinski definition) is 2. The summed E-state index contributed by atoms with van der Waals surface area (Å²) in [5.41, 5.74) is 0.165. The van der Waals surface area contributed by atoms with E-state index in [1.165, 1.54) is 4.40 Å². The number of carbonyl (C=O) groups excluding carboxylic acids is 1. The molecule has 1 saturated carbocycles. The van der Waals surface area contributed by atoms with Gasteiger partial charge in [0.15, 0.2) is 5.65 Å². The van der Waals surface area contributed by atoms with Crippen LogP contribution in [0.2, 0.25) is 0 Å². The van der Waals surface area contributed by atoms with Crippen molar-refractivity contribution in [1.82, 2.24) is 19.5 Å². The zero-order valence-corrected chi connectivity index (χ0v) is 11.6. The molecule has 21 heavy (non-hydrogen) atoms. The largest absolute Gasteiger partial charge is 0.391 e. The molecule has 3 rings (SSSR count). The highest BCUT2D eigenvalue weighted by Crippen LogP contribution is 2.18. The molecule has 7 heteroatoms. The number of fused-ring (bicyclic) bond motifs is 1. The molecule has 1 fully saturated rings. The lowest BCUT2D eigenvalue weighted by atomic mass is 9.92. The fourth-order valence-corrected chi connectivity index (χ4v) is 2.74. The third kappa shape index (κ3) is 2.82. The molecule has 1 aliphatic carbocycles. The Hall–Kier alpha value is -2.15. The van der Waals surface area contributed by atoms with Crippen molar-refractivity contribution in [3.05, 3.63) is 34.9 Å². The summed E-state index contributed by atoms with van der Waals surface area (Å²) in [6, 6.07) is 5.00. The summed E-state index contributed by atoms with van der Waals surface area (Å²) in [7, 11) is 0. The summed E-state index contributed by atoms with van der Waals surface area (Å²) in [4.78, 5) is 24.1. The van der Waals surface area contributed by atoms with Crippen molar-refractivity contribution in [2.75, 3.05) is 0 Å². The predicted octanol–water partition coefficient (Wildman–Crippen LogP) is -0.0843. The normalized spacial score (nSPS) is 22.3. The molecule has 0 spiro atoms. The molecule has 1 aliphatic rings. The predicted molar refractivity (Wildman–Crippen MR) is 75.9 cm³/mol. The highest BCUT2D eigenvalue weighted by Gasteiger charge is 2.24. The minimum atomic E-state index is -0.500. The second-order valence-corrected chi connectivity index (χ2v) is 5.39. The standard InChI is InChI=1S/C14H18N4O3/c19-11-6-2-1-5-10(11)15-13(20)9-18-14(21)17-8-4-3-7-12(17)16-18/h3-4,7-8,10-11,19H,1-2,5-6,9H2,(H,15,20). The van der Waals surface area contributed by atoms with Crippen LogP contribution in [0.25, 0.3) is 5.65 Å². The third-order valence-corrected chi connectivity index (χ3v) is 3.86. The minimum Gasteiger partial charge on any atom is -0.391 e. The molecule has 2 N–H and O–H groups in total. The highest BCUT2D eigenvalue weighted by atomic mass is 16.3. The summed E-state index contributed by atoms with van der Waals surface area (Å²) in [5.74, 6) is -0.300. The molecule has 1 amide bonds. The van der Waals surface area contributed by atoms with Gasteiger partial charge >= 0.3 is 5.69 Å². The number of nitrogens with zero attached hydrogens (tertiary/aromatic N) is 3. The van der Waals surface area contributed by atoms with E-state index >= 15 is 0 Å². The number of pyridine rings is 1. The van der Waals surface area contributed by atoms with Crippen molar-refractivity contribution in [3.8, 4) is 0 Å². The van der Waals surface area contributed by atoms with Crippen molar-refractivity contribution in [1.29, 1.82) is 0 Å². The SMILES string of the molecule is O=C(Cn1nc2ccccn2c1=O)NC1CCCCC1O. The van der Waals surface area contributed by atoms with Crippen LogP contribution in [0.1, 0.15) is 25.7 Å². The topological polar surface area (TPSA) is 88.6 Å². The Kier molecular flexibility index (Phi) is 3.74. The second kappa shape index (κ2) is 5.69. The molecule has 112 valence electrons. The maximum Gasteiger partial charge on any atom is 0.350 e. The van der Waals surface area contributed by atoms with Crippen molar-refractivity contribution in [3.63, 3.8) is 0 Å². The van der Waals surface area contributed by atoms with Gasteiger partial charge in [-0.05, 0) is 25.0 Å². The van der Waals surface area contributed by atoms with Crippen molar-refractivity contribution >= 4 is 11.6 Å². The van der Waals surface area contributed by atoms with Crippen LogP contribution < -0.4 is 11.0 Å². The second-order valence-electron chi connectivity index (χ2n) is 5.39. The van der Waals surface area contributed by atoms with Crippen LogP contribution in [-0.4, -0.2) is 37.3 Å². The average Bonchev–Trinajstić information content (AvgIpc) is 2.78. The maximum absolute atomic E-state index is 12.1. The number of nitrogens with one attached hydrogen (secondary N) is 1. The zero-order chi connectivity index (χ0) is 14.8. The lowest BCUT2D eigenvalue weighted by Gasteiger charge is -2.28. The van der Waals surface area contributed by atoms with E-state index in [2.05, 4.69) is 10.4 Å². The number of aliphatic hydroxyl groups excluding tert-OH is 1. The van der Waals surface area contributed by atoms with Gasteiger partial charge < -0.3 is 10.4 Å². The average molecular weight is 290 g/mol. The first kappa shape index (κ1) is 13.8. The first-order valence-corrected chi connectivity index (χ1v) is 7.17. The van der Waals surface area contributed by atoms with Crippen LogP contribution in [0.5, 0.6) is 0 Å². The molecule has 7 nitrogen and oxygen atoms in total. The van der Waals surface area contributed by atoms with E-state index in [1.54, 1.807) is 24.4 Å². The molecule has 0 aromatic carbocycles. The van der Waals surface area contributed by atoms with Gasteiger partial charge in [0.1, 0.15) is 6.54 Å². The number of carbonyl (C=O) groups is 1. The quantitative estimate of drug-likeness (QED) is 0.827. The van der Waals surface area contributed by atoms with E-state index in [0.717, 1.165) is 23.9 Å². The van der Waals surface area contributed by atoms with Gasteiger partial charge in [0, 0.05) is 6.20 Å². The van der Waals surface area contributed by atoms with Gasteiger partial charge in [-0.25, -0.2) is 9.48 Å². The van der Waals surface area contributed by atoms with Gasteiger partial charge in [-0.15, -0.1) is 5.10 Å². The molecule has 2 unspecified atom stereocenters. The smallest absolute Gasteiger partial charge is 0.350 e. The first-order chi connectivity index (χ1) is 10.1. The number of amides is 1. The molecule has 2 aromatic rings. The summed E-state index contributed by atoms with van der Waals surface area (Å²) < 4.78 is 2.53. The van der Waals surface area contributed by atoms with Crippen LogP contribution in [0.3, 0.4) is 0 Å². The molecule has 2 heterocycles. The van der Waals surface area contributed by atoms with Gasteiger partial charge in [0.25, 0.3) is 0 Å². The van der Waals surface area contributed by atoms with Crippen LogP contribution in [0.4, 0.5) is 0 Å². The van der Waals surface area contributed by atoms with E-state index < -0.39 is 6.10 Å². The van der Waals surface area contributed by atoms with Crippen LogP contribution in [0, 0.1) is 0 Å². The lowest BCUT2D eigenvalue weighted by molar-refractivity contribution is -0.123. The molecular weight excluding hydrogens is 272 g/mol. The van der Waals surface area contributed by atoms with E-state index in [1.807, 2.05) is 0 Å². The van der Waals surface area contributed by atoms with E-state index in [0.29, 0.717) is 12.1 Å². The van der Waals surface area contributed by atoms with Crippen LogP contribution >= 0.6 is 0 Å². The fourth-order valence-electron chi connectivity index (χ4n) is 2.74. The van der Waals surface area contributed by atoms with Crippen LogP contribution in [0.15, 0.2) is 29.2 Å². The van der Waals surface area contributed by atoms with Crippen molar-refractivity contribution in [2.24, 2.45) is 0 Å². The summed E-state index contributed by atoms with van der Waals surface area (Å²) in [5, 5.41) is 16.7. The summed E-state index contributed by atoms with van der Waals surface area (Å²) >= 11 is 0. The fraction of sp³-hybridized carbons (Fsp3) is 0.500. The Morgan fingerprint density at radius 1 is 1.38 bits per heavy atom. The number of hydrogen-bond acceptors (Lipinski definition) is 4. The number of aliphatic hydroxyl groups is 1. The Morgan fingerprint density at radius 2 is 2.19 bits per heavy atom. The molecule has 0 saturated heterocycles. The van der Waals surface area contributed by atoms with Crippen molar-refractivity contribution < 1.29 is 9.90 Å². The van der Waals surface area contributed by atoms with E-state index in [-0.39, 0.29) is 24.2 Å². The van der Waals surface area contributed by atoms with Crippen LogP contribution in [-0.2, 0) is 11.3 Å². The Balaban J connectivity index is 1.71. The van der Waals surface area contributed by atoms with Gasteiger partial charge in [-0.3, -0.25) is 9.20 Å². The Morgan fingerprint density at radius 3 is 2.95 bits per heavy atom. The van der Waals surface area contributed by atoms with E-state index in [9.17, 15) is 14.7 Å². The first-order valence-electron chi connectivity index (χ1n) is 7.17. The minimum absolute atomic E-state index is 0.135. The highest BCUT2D eigenvalue weighted by molar-refractivity contribution is 5.76. The molecular formula is C14H18N4O3. The lowest BCUT2D eigenvalue weighted by Crippen LogP contribution is -2.46. The molecule has 0 aliphatic heterocycles. The molecule has 2 aromatic heterocycles. The monoisotopic (exact) mass is 290 g/mol. The zero-order valence-electron chi connectivity index (χ0n) is 11.6.